The van der Waals surface area contributed by atoms with Crippen LogP contribution in [0.2, 0.25) is 0 Å². The number of rotatable bonds is 9. The van der Waals surface area contributed by atoms with Gasteiger partial charge in [0, 0.05) is 17.3 Å². The summed E-state index contributed by atoms with van der Waals surface area (Å²) >= 11 is 9.84. The van der Waals surface area contributed by atoms with Crippen molar-refractivity contribution in [3.05, 3.63) is 32.2 Å². The van der Waals surface area contributed by atoms with Crippen LogP contribution in [0.15, 0.2) is 32.2 Å². The highest BCUT2D eigenvalue weighted by Crippen LogP contribution is 2.20. The van der Waals surface area contributed by atoms with Gasteiger partial charge in [0.05, 0.1) is 15.6 Å². The molecule has 0 heterocycles. The Kier molecular flexibility index (Phi) is 13.8. The molecule has 23 heavy (non-hydrogen) atoms. The van der Waals surface area contributed by atoms with E-state index in [1.165, 1.54) is 12.2 Å². The lowest BCUT2D eigenvalue weighted by Gasteiger charge is -2.12. The fourth-order valence-electron chi connectivity index (χ4n) is 1.46. The molecule has 0 aliphatic heterocycles. The third kappa shape index (κ3) is 14.9. The van der Waals surface area contributed by atoms with Crippen molar-refractivity contribution in [3.63, 3.8) is 0 Å². The molecule has 0 aliphatic carbocycles. The van der Waals surface area contributed by atoms with Gasteiger partial charge in [0.1, 0.15) is 0 Å². The van der Waals surface area contributed by atoms with E-state index in [4.69, 9.17) is 5.11 Å². The summed E-state index contributed by atoms with van der Waals surface area (Å²) in [5.41, 5.74) is 0. The van der Waals surface area contributed by atoms with Crippen molar-refractivity contribution in [2.45, 2.75) is 44.3 Å². The van der Waals surface area contributed by atoms with Gasteiger partial charge in [-0.15, -0.1) is 0 Å². The molecule has 2 atom stereocenters. The predicted octanol–water partition coefficient (Wildman–Crippen LogP) is 4.21. The van der Waals surface area contributed by atoms with E-state index in [1.54, 1.807) is 0 Å². The van der Waals surface area contributed by atoms with Crippen LogP contribution in [-0.4, -0.2) is 33.5 Å². The Hall–Kier alpha value is -0.390. The van der Waals surface area contributed by atoms with Crippen molar-refractivity contribution in [1.29, 1.82) is 0 Å². The summed E-state index contributed by atoms with van der Waals surface area (Å²) < 4.78 is 1.67. The molecule has 0 spiro atoms. The molecule has 0 aliphatic rings. The predicted molar refractivity (Wildman–Crippen MR) is 103 cm³/mol. The fourth-order valence-corrected chi connectivity index (χ4v) is 3.03. The van der Waals surface area contributed by atoms with Crippen molar-refractivity contribution in [2.24, 2.45) is 0 Å². The molecule has 0 saturated carbocycles. The van der Waals surface area contributed by atoms with Gasteiger partial charge in [-0.05, 0) is 69.4 Å². The second kappa shape index (κ2) is 14.0. The first-order valence-corrected chi connectivity index (χ1v) is 9.32. The Balaban J connectivity index is 4.08. The van der Waals surface area contributed by atoms with Crippen LogP contribution in [0, 0.1) is 11.8 Å². The lowest BCUT2D eigenvalue weighted by molar-refractivity contribution is -0.137. The van der Waals surface area contributed by atoms with Crippen LogP contribution in [0.1, 0.15) is 32.1 Å². The molecule has 0 aromatic carbocycles. The monoisotopic (exact) mass is 512 g/mol. The van der Waals surface area contributed by atoms with Gasteiger partial charge in [0.15, 0.2) is 0 Å². The normalized spacial score (nSPS) is 14.0. The minimum Gasteiger partial charge on any atom is -0.481 e. The molecular weight excluding hydrogens is 496 g/mol. The summed E-state index contributed by atoms with van der Waals surface area (Å²) in [5.74, 6) is 4.66. The van der Waals surface area contributed by atoms with Gasteiger partial charge in [-0.1, -0.05) is 33.8 Å². The summed E-state index contributed by atoms with van der Waals surface area (Å²) in [6.07, 6.45) is 6.90. The number of allylic oxidation sites excluding steroid dienone is 4. The molecule has 7 heteroatoms. The number of carboxylic acids is 1. The van der Waals surface area contributed by atoms with Crippen LogP contribution in [0.3, 0.4) is 0 Å². The standard InChI is InChI=1S/C16H19Br3O4/c17-12(11-15(18)19)7-6-9-14(21)13(20)8-4-2-1-3-5-10-16(22)23/h4,7-8,11,13-14,20-21H,3,5-6,9-10H2,(H,22,23)/b8-4+,12-7+/t13-,14-/m1/s1. The second-order valence-electron chi connectivity index (χ2n) is 4.59. The smallest absolute Gasteiger partial charge is 0.303 e. The number of hydrogen-bond acceptors (Lipinski definition) is 3. The van der Waals surface area contributed by atoms with Crippen molar-refractivity contribution in [3.8, 4) is 11.8 Å². The van der Waals surface area contributed by atoms with E-state index in [0.717, 1.165) is 7.87 Å². The maximum atomic E-state index is 10.3. The van der Waals surface area contributed by atoms with Crippen molar-refractivity contribution in [1.82, 2.24) is 0 Å². The molecule has 0 amide bonds. The number of aliphatic hydroxyl groups excluding tert-OH is 2. The van der Waals surface area contributed by atoms with Gasteiger partial charge in [-0.2, -0.15) is 0 Å². The number of unbranched alkanes of at least 4 members (excludes halogenated alkanes) is 1. The molecule has 3 N–H and O–H groups in total. The first kappa shape index (κ1) is 22.6. The summed E-state index contributed by atoms with van der Waals surface area (Å²) in [7, 11) is 0. The highest BCUT2D eigenvalue weighted by Gasteiger charge is 2.11. The first-order chi connectivity index (χ1) is 10.8. The molecule has 0 unspecified atom stereocenters. The average molecular weight is 515 g/mol. The maximum absolute atomic E-state index is 10.3. The Morgan fingerprint density at radius 2 is 1.91 bits per heavy atom. The van der Waals surface area contributed by atoms with Gasteiger partial charge < -0.3 is 15.3 Å². The Morgan fingerprint density at radius 1 is 1.22 bits per heavy atom. The summed E-state index contributed by atoms with van der Waals surface area (Å²) in [6, 6.07) is 0. The van der Waals surface area contributed by atoms with Crippen molar-refractivity contribution < 1.29 is 20.1 Å². The second-order valence-corrected chi connectivity index (χ2v) is 8.27. The molecule has 4 nitrogen and oxygen atoms in total. The van der Waals surface area contributed by atoms with Crippen LogP contribution in [0.4, 0.5) is 0 Å². The molecule has 0 fully saturated rings. The van der Waals surface area contributed by atoms with Crippen LogP contribution in [-0.2, 0) is 4.79 Å². The fraction of sp³-hybridized carbons (Fsp3) is 0.438. The third-order valence-electron chi connectivity index (χ3n) is 2.61. The van der Waals surface area contributed by atoms with E-state index in [-0.39, 0.29) is 6.42 Å². The first-order valence-electron chi connectivity index (χ1n) is 6.94. The van der Waals surface area contributed by atoms with Gasteiger partial charge in [-0.3, -0.25) is 4.79 Å². The number of aliphatic carboxylic acids is 1. The number of halogens is 3. The lowest BCUT2D eigenvalue weighted by Crippen LogP contribution is -2.23. The van der Waals surface area contributed by atoms with Crippen molar-refractivity contribution >= 4 is 53.8 Å². The lowest BCUT2D eigenvalue weighted by atomic mass is 10.1. The molecule has 0 aromatic heterocycles. The SMILES string of the molecule is O=C(O)CCCC#C/C=C/[C@@H](O)[C@H](O)CC/C=C(/Br)C=C(Br)Br. The summed E-state index contributed by atoms with van der Waals surface area (Å²) in [5, 5.41) is 28.0. The zero-order valence-electron chi connectivity index (χ0n) is 12.4. The maximum Gasteiger partial charge on any atom is 0.303 e. The minimum absolute atomic E-state index is 0.101. The average Bonchev–Trinajstić information content (AvgIpc) is 2.44. The number of aliphatic hydroxyl groups is 2. The van der Waals surface area contributed by atoms with Gasteiger partial charge in [-0.25, -0.2) is 0 Å². The quantitative estimate of drug-likeness (QED) is 0.245. The highest BCUT2D eigenvalue weighted by atomic mass is 79.9. The van der Waals surface area contributed by atoms with Gasteiger partial charge >= 0.3 is 5.97 Å². The Labute approximate surface area is 161 Å². The summed E-state index contributed by atoms with van der Waals surface area (Å²) in [6.45, 7) is 0. The van der Waals surface area contributed by atoms with E-state index < -0.39 is 18.2 Å². The summed E-state index contributed by atoms with van der Waals surface area (Å²) in [4.78, 5) is 10.3. The van der Waals surface area contributed by atoms with E-state index in [2.05, 4.69) is 59.6 Å². The largest absolute Gasteiger partial charge is 0.481 e. The zero-order valence-corrected chi connectivity index (χ0v) is 17.1. The van der Waals surface area contributed by atoms with Crippen LogP contribution >= 0.6 is 47.8 Å². The van der Waals surface area contributed by atoms with E-state index in [9.17, 15) is 15.0 Å². The van der Waals surface area contributed by atoms with Gasteiger partial charge in [0.25, 0.3) is 0 Å². The zero-order chi connectivity index (χ0) is 17.7. The molecule has 0 bridgehead atoms. The topological polar surface area (TPSA) is 77.8 Å². The molecule has 0 saturated heterocycles. The van der Waals surface area contributed by atoms with E-state index in [1.807, 2.05) is 12.2 Å². The third-order valence-corrected chi connectivity index (χ3v) is 3.62. The van der Waals surface area contributed by atoms with Crippen LogP contribution in [0.5, 0.6) is 0 Å². The van der Waals surface area contributed by atoms with E-state index in [0.29, 0.717) is 25.7 Å². The minimum atomic E-state index is -0.978. The van der Waals surface area contributed by atoms with E-state index >= 15 is 0 Å². The van der Waals surface area contributed by atoms with Crippen LogP contribution in [0.25, 0.3) is 0 Å². The molecule has 0 radical (unpaired) electrons. The molecular formula is C16H19Br3O4. The Bertz CT molecular complexity index is 511. The van der Waals surface area contributed by atoms with Crippen molar-refractivity contribution in [2.75, 3.05) is 0 Å². The molecule has 0 aromatic rings. The number of carbonyl (C=O) groups is 1. The number of hydrogen-bond donors (Lipinski definition) is 3. The Morgan fingerprint density at radius 3 is 2.52 bits per heavy atom. The van der Waals surface area contributed by atoms with Gasteiger partial charge in [0.2, 0.25) is 0 Å². The highest BCUT2D eigenvalue weighted by molar-refractivity contribution is 9.28. The number of carboxylic acid groups (broad SMARTS) is 1. The van der Waals surface area contributed by atoms with Crippen LogP contribution < -0.4 is 0 Å². The molecule has 128 valence electrons. The molecule has 0 rings (SSSR count).